The number of pyridine rings is 1. The van der Waals surface area contributed by atoms with Gasteiger partial charge in [-0.05, 0) is 12.1 Å². The number of aldehydes is 1. The van der Waals surface area contributed by atoms with Gasteiger partial charge in [0.1, 0.15) is 5.75 Å². The predicted octanol–water partition coefficient (Wildman–Crippen LogP) is 3.53. The first-order valence-electron chi connectivity index (χ1n) is 6.75. The van der Waals surface area contributed by atoms with E-state index in [-0.39, 0.29) is 5.56 Å². The number of carbonyl (C=O) groups is 1. The van der Waals surface area contributed by atoms with Crippen LogP contribution in [0.25, 0.3) is 22.0 Å². The molecule has 0 N–H and O–H groups in total. The third kappa shape index (κ3) is 2.78. The second kappa shape index (κ2) is 5.88. The number of methoxy groups -OCH3 is 1. The van der Waals surface area contributed by atoms with E-state index in [0.29, 0.717) is 34.1 Å². The van der Waals surface area contributed by atoms with Crippen LogP contribution < -0.4 is 4.74 Å². The van der Waals surface area contributed by atoms with Crippen molar-refractivity contribution in [3.63, 3.8) is 0 Å². The number of ether oxygens (including phenoxy) is 1. The molecule has 3 rings (SSSR count). The molecule has 24 heavy (non-hydrogen) atoms. The van der Waals surface area contributed by atoms with Gasteiger partial charge < -0.3 is 4.74 Å². The Bertz CT molecular complexity index is 909. The molecule has 8 heteroatoms. The van der Waals surface area contributed by atoms with Gasteiger partial charge in [0.15, 0.2) is 6.29 Å². The van der Waals surface area contributed by atoms with E-state index < -0.39 is 12.0 Å². The maximum atomic E-state index is 12.6. The zero-order chi connectivity index (χ0) is 17.3. The number of fused-ring (bicyclic) bond motifs is 1. The Morgan fingerprint density at radius 3 is 2.38 bits per heavy atom. The van der Waals surface area contributed by atoms with Crippen LogP contribution in [-0.4, -0.2) is 28.3 Å². The third-order valence-electron chi connectivity index (χ3n) is 3.43. The monoisotopic (exact) mass is 333 g/mol. The van der Waals surface area contributed by atoms with Crippen molar-refractivity contribution < 1.29 is 22.7 Å². The minimum absolute atomic E-state index is 0.232. The highest BCUT2D eigenvalue weighted by Gasteiger charge is 2.34. The Hall–Kier alpha value is -3.03. The Kier molecular flexibility index (Phi) is 3.88. The third-order valence-corrected chi connectivity index (χ3v) is 3.43. The highest BCUT2D eigenvalue weighted by Crippen LogP contribution is 2.33. The number of aromatic nitrogens is 3. The van der Waals surface area contributed by atoms with Crippen molar-refractivity contribution in [3.05, 3.63) is 48.2 Å². The van der Waals surface area contributed by atoms with E-state index in [4.69, 9.17) is 4.74 Å². The number of carbonyl (C=O) groups excluding carboxylic acids is 1. The van der Waals surface area contributed by atoms with Crippen LogP contribution in [0.4, 0.5) is 13.2 Å². The summed E-state index contributed by atoms with van der Waals surface area (Å²) in [5.74, 6) is -0.664. The predicted molar refractivity (Wildman–Crippen MR) is 79.7 cm³/mol. The summed E-state index contributed by atoms with van der Waals surface area (Å²) in [7, 11) is 1.51. The van der Waals surface area contributed by atoms with E-state index in [0.717, 1.165) is 12.4 Å². The zero-order valence-corrected chi connectivity index (χ0v) is 12.3. The number of hydrogen-bond acceptors (Lipinski definition) is 5. The Labute approximate surface area is 134 Å². The summed E-state index contributed by atoms with van der Waals surface area (Å²) in [6, 6.07) is 5.02. The molecule has 0 aliphatic rings. The molecule has 5 nitrogen and oxygen atoms in total. The molecule has 0 aliphatic heterocycles. The second-order valence-electron chi connectivity index (χ2n) is 4.88. The maximum Gasteiger partial charge on any atom is 0.451 e. The summed E-state index contributed by atoms with van der Waals surface area (Å²) in [5, 5.41) is 0.587. The topological polar surface area (TPSA) is 65.0 Å². The number of hydrogen-bond donors (Lipinski definition) is 0. The molecule has 2 heterocycles. The fourth-order valence-corrected chi connectivity index (χ4v) is 2.33. The second-order valence-corrected chi connectivity index (χ2v) is 4.88. The molecule has 3 aromatic rings. The highest BCUT2D eigenvalue weighted by molar-refractivity contribution is 6.02. The van der Waals surface area contributed by atoms with Crippen LogP contribution in [0.5, 0.6) is 5.75 Å². The molecule has 2 aromatic heterocycles. The molecular formula is C16H10F3N3O2. The van der Waals surface area contributed by atoms with Crippen LogP contribution >= 0.6 is 0 Å². The van der Waals surface area contributed by atoms with Crippen LogP contribution in [-0.2, 0) is 6.18 Å². The van der Waals surface area contributed by atoms with Crippen LogP contribution in [0.15, 0.2) is 36.8 Å². The van der Waals surface area contributed by atoms with Crippen molar-refractivity contribution >= 4 is 17.2 Å². The summed E-state index contributed by atoms with van der Waals surface area (Å²) in [6.07, 6.45) is -0.602. The lowest BCUT2D eigenvalue weighted by atomic mass is 9.99. The molecule has 1 aromatic carbocycles. The van der Waals surface area contributed by atoms with Crippen molar-refractivity contribution in [3.8, 4) is 16.9 Å². The van der Waals surface area contributed by atoms with Crippen molar-refractivity contribution in [1.29, 1.82) is 0 Å². The average Bonchev–Trinajstić information content (AvgIpc) is 2.59. The molecule has 0 bridgehead atoms. The molecule has 0 aliphatic carbocycles. The van der Waals surface area contributed by atoms with Gasteiger partial charge in [-0.25, -0.2) is 9.97 Å². The highest BCUT2D eigenvalue weighted by atomic mass is 19.4. The van der Waals surface area contributed by atoms with E-state index in [1.54, 1.807) is 18.2 Å². The molecule has 122 valence electrons. The maximum absolute atomic E-state index is 12.6. The van der Waals surface area contributed by atoms with Crippen LogP contribution in [0, 0.1) is 0 Å². The Morgan fingerprint density at radius 2 is 1.79 bits per heavy atom. The number of halogens is 3. The molecule has 0 spiro atoms. The van der Waals surface area contributed by atoms with Gasteiger partial charge >= 0.3 is 6.18 Å². The SMILES string of the molecule is COc1ccc2c(-c3cnc(C(F)(F)F)nc3)c(C=O)cnc2c1. The lowest BCUT2D eigenvalue weighted by Gasteiger charge is -2.11. The number of benzene rings is 1. The number of alkyl halides is 3. The standard InChI is InChI=1S/C16H10F3N3O2/c1-24-11-2-3-12-13(4-11)20-7-10(8-23)14(12)9-5-21-15(22-6-9)16(17,18)19/h2-8H,1H3. The van der Waals surface area contributed by atoms with Crippen molar-refractivity contribution in [2.75, 3.05) is 7.11 Å². The molecular weight excluding hydrogens is 323 g/mol. The van der Waals surface area contributed by atoms with Gasteiger partial charge in [-0.1, -0.05) is 0 Å². The van der Waals surface area contributed by atoms with Crippen LogP contribution in [0.3, 0.4) is 0 Å². The lowest BCUT2D eigenvalue weighted by molar-refractivity contribution is -0.144. The Balaban J connectivity index is 2.21. The van der Waals surface area contributed by atoms with Gasteiger partial charge in [-0.2, -0.15) is 13.2 Å². The largest absolute Gasteiger partial charge is 0.497 e. The van der Waals surface area contributed by atoms with Crippen molar-refractivity contribution in [1.82, 2.24) is 15.0 Å². The average molecular weight is 333 g/mol. The molecule has 0 amide bonds. The first-order valence-corrected chi connectivity index (χ1v) is 6.75. The van der Waals surface area contributed by atoms with E-state index >= 15 is 0 Å². The summed E-state index contributed by atoms with van der Waals surface area (Å²) < 4.78 is 42.9. The van der Waals surface area contributed by atoms with Gasteiger partial charge in [-0.15, -0.1) is 0 Å². The summed E-state index contributed by atoms with van der Waals surface area (Å²) in [5.41, 5.74) is 1.49. The molecule has 0 saturated carbocycles. The summed E-state index contributed by atoms with van der Waals surface area (Å²) >= 11 is 0. The van der Waals surface area contributed by atoms with Crippen LogP contribution in [0.1, 0.15) is 16.2 Å². The van der Waals surface area contributed by atoms with Crippen molar-refractivity contribution in [2.24, 2.45) is 0 Å². The van der Waals surface area contributed by atoms with Gasteiger partial charge in [0.05, 0.1) is 12.6 Å². The fraction of sp³-hybridized carbons (Fsp3) is 0.125. The van der Waals surface area contributed by atoms with Gasteiger partial charge in [-0.3, -0.25) is 9.78 Å². The van der Waals surface area contributed by atoms with E-state index in [9.17, 15) is 18.0 Å². The van der Waals surface area contributed by atoms with Gasteiger partial charge in [0, 0.05) is 46.7 Å². The van der Waals surface area contributed by atoms with E-state index in [1.807, 2.05) is 0 Å². The molecule has 0 radical (unpaired) electrons. The minimum Gasteiger partial charge on any atom is -0.497 e. The minimum atomic E-state index is -4.63. The molecule has 0 fully saturated rings. The van der Waals surface area contributed by atoms with E-state index in [2.05, 4.69) is 15.0 Å². The number of nitrogens with zero attached hydrogens (tertiary/aromatic N) is 3. The van der Waals surface area contributed by atoms with Gasteiger partial charge in [0.25, 0.3) is 0 Å². The summed E-state index contributed by atoms with van der Waals surface area (Å²) in [6.45, 7) is 0. The lowest BCUT2D eigenvalue weighted by Crippen LogP contribution is -2.10. The molecule has 0 atom stereocenters. The first kappa shape index (κ1) is 15.9. The smallest absolute Gasteiger partial charge is 0.451 e. The first-order chi connectivity index (χ1) is 11.4. The zero-order valence-electron chi connectivity index (χ0n) is 12.3. The fourth-order valence-electron chi connectivity index (χ4n) is 2.33. The van der Waals surface area contributed by atoms with Gasteiger partial charge in [0.2, 0.25) is 5.82 Å². The molecule has 0 saturated heterocycles. The quantitative estimate of drug-likeness (QED) is 0.686. The summed E-state index contributed by atoms with van der Waals surface area (Å²) in [4.78, 5) is 22.2. The van der Waals surface area contributed by atoms with Crippen LogP contribution in [0.2, 0.25) is 0 Å². The Morgan fingerprint density at radius 1 is 1.08 bits per heavy atom. The normalized spacial score (nSPS) is 11.5. The van der Waals surface area contributed by atoms with Crippen molar-refractivity contribution in [2.45, 2.75) is 6.18 Å². The molecule has 0 unspecified atom stereocenters. The number of rotatable bonds is 3. The van der Waals surface area contributed by atoms with E-state index in [1.165, 1.54) is 13.3 Å².